The van der Waals surface area contributed by atoms with Crippen molar-refractivity contribution in [1.82, 2.24) is 5.32 Å². The second-order valence-corrected chi connectivity index (χ2v) is 7.09. The van der Waals surface area contributed by atoms with Gasteiger partial charge < -0.3 is 10.1 Å². The summed E-state index contributed by atoms with van der Waals surface area (Å²) >= 11 is 0. The lowest BCUT2D eigenvalue weighted by Crippen LogP contribution is -2.26. The Hall–Kier alpha value is -1.02. The molecule has 1 N–H and O–H groups in total. The van der Waals surface area contributed by atoms with E-state index in [9.17, 15) is 0 Å². The van der Waals surface area contributed by atoms with E-state index in [1.54, 1.807) is 0 Å². The molecule has 0 aromatic heterocycles. The minimum absolute atomic E-state index is 0.331. The predicted octanol–water partition coefficient (Wildman–Crippen LogP) is 4.49. The lowest BCUT2D eigenvalue weighted by Gasteiger charge is -2.28. The van der Waals surface area contributed by atoms with Gasteiger partial charge in [-0.15, -0.1) is 0 Å². The second kappa shape index (κ2) is 6.62. The predicted molar refractivity (Wildman–Crippen MR) is 85.4 cm³/mol. The van der Waals surface area contributed by atoms with E-state index in [4.69, 9.17) is 4.74 Å². The van der Waals surface area contributed by atoms with Crippen LogP contribution >= 0.6 is 0 Å². The van der Waals surface area contributed by atoms with E-state index in [1.807, 2.05) is 0 Å². The molecule has 0 amide bonds. The lowest BCUT2D eigenvalue weighted by atomic mass is 9.84. The van der Waals surface area contributed by atoms with Gasteiger partial charge in [-0.05, 0) is 54.8 Å². The monoisotopic (exact) mass is 275 g/mol. The van der Waals surface area contributed by atoms with E-state index in [0.29, 0.717) is 11.5 Å². The fourth-order valence-electron chi connectivity index (χ4n) is 2.84. The summed E-state index contributed by atoms with van der Waals surface area (Å²) in [6.07, 6.45) is 4.63. The third-order valence-electron chi connectivity index (χ3n) is 3.79. The highest BCUT2D eigenvalue weighted by atomic mass is 16.5. The fraction of sp³-hybridized carbons (Fsp3) is 0.667. The number of hydrogen-bond donors (Lipinski definition) is 1. The van der Waals surface area contributed by atoms with Gasteiger partial charge in [0.25, 0.3) is 0 Å². The first-order valence-corrected chi connectivity index (χ1v) is 7.98. The molecule has 1 aromatic rings. The Morgan fingerprint density at radius 1 is 1.30 bits per heavy atom. The van der Waals surface area contributed by atoms with Crippen molar-refractivity contribution >= 4 is 0 Å². The Labute approximate surface area is 123 Å². The Morgan fingerprint density at radius 3 is 2.80 bits per heavy atom. The normalized spacial score (nSPS) is 16.4. The SMILES string of the molecule is CCCNC(CC(C)(C)C)c1ccc2c(c1)CCCO2. The van der Waals surface area contributed by atoms with Gasteiger partial charge in [-0.25, -0.2) is 0 Å². The maximum Gasteiger partial charge on any atom is 0.122 e. The van der Waals surface area contributed by atoms with Gasteiger partial charge in [-0.3, -0.25) is 0 Å². The molecular formula is C18H29NO. The standard InChI is InChI=1S/C18H29NO/c1-5-10-19-16(13-18(2,3)4)14-8-9-17-15(12-14)7-6-11-20-17/h8-9,12,16,19H,5-7,10-11,13H2,1-4H3. The quantitative estimate of drug-likeness (QED) is 0.855. The summed E-state index contributed by atoms with van der Waals surface area (Å²) < 4.78 is 5.72. The topological polar surface area (TPSA) is 21.3 Å². The second-order valence-electron chi connectivity index (χ2n) is 7.09. The van der Waals surface area contributed by atoms with Crippen LogP contribution in [0.4, 0.5) is 0 Å². The van der Waals surface area contributed by atoms with Crippen LogP contribution in [-0.2, 0) is 6.42 Å². The molecule has 1 aliphatic heterocycles. The molecule has 0 fully saturated rings. The molecule has 0 radical (unpaired) electrons. The molecule has 1 heterocycles. The van der Waals surface area contributed by atoms with Gasteiger partial charge in [0.2, 0.25) is 0 Å². The van der Waals surface area contributed by atoms with Crippen LogP contribution in [0.1, 0.15) is 64.1 Å². The molecule has 1 aromatic carbocycles. The number of benzene rings is 1. The smallest absolute Gasteiger partial charge is 0.122 e. The van der Waals surface area contributed by atoms with E-state index in [-0.39, 0.29) is 0 Å². The summed E-state index contributed by atoms with van der Waals surface area (Å²) in [4.78, 5) is 0. The first kappa shape index (κ1) is 15.4. The first-order valence-electron chi connectivity index (χ1n) is 7.98. The average Bonchev–Trinajstić information content (AvgIpc) is 2.41. The van der Waals surface area contributed by atoms with Crippen LogP contribution in [-0.4, -0.2) is 13.2 Å². The summed E-state index contributed by atoms with van der Waals surface area (Å²) in [5.74, 6) is 1.09. The highest BCUT2D eigenvalue weighted by Gasteiger charge is 2.21. The van der Waals surface area contributed by atoms with Crippen LogP contribution in [0.2, 0.25) is 0 Å². The zero-order valence-electron chi connectivity index (χ0n) is 13.5. The highest BCUT2D eigenvalue weighted by molar-refractivity contribution is 5.39. The van der Waals surface area contributed by atoms with E-state index in [0.717, 1.165) is 38.2 Å². The van der Waals surface area contributed by atoms with Gasteiger partial charge in [0, 0.05) is 6.04 Å². The number of fused-ring (bicyclic) bond motifs is 1. The van der Waals surface area contributed by atoms with Crippen molar-refractivity contribution in [3.8, 4) is 5.75 Å². The number of aryl methyl sites for hydroxylation is 1. The van der Waals surface area contributed by atoms with E-state index >= 15 is 0 Å². The van der Waals surface area contributed by atoms with Crippen LogP contribution in [0.3, 0.4) is 0 Å². The summed E-state index contributed by atoms with van der Waals surface area (Å²) in [7, 11) is 0. The molecule has 112 valence electrons. The fourth-order valence-corrected chi connectivity index (χ4v) is 2.84. The summed E-state index contributed by atoms with van der Waals surface area (Å²) in [6, 6.07) is 7.20. The van der Waals surface area contributed by atoms with Gasteiger partial charge in [0.15, 0.2) is 0 Å². The third kappa shape index (κ3) is 4.24. The van der Waals surface area contributed by atoms with Crippen LogP contribution in [0.25, 0.3) is 0 Å². The van der Waals surface area contributed by atoms with Crippen molar-refractivity contribution in [1.29, 1.82) is 0 Å². The van der Waals surface area contributed by atoms with Crippen LogP contribution in [0.5, 0.6) is 5.75 Å². The van der Waals surface area contributed by atoms with Gasteiger partial charge in [-0.1, -0.05) is 39.8 Å². The molecule has 1 unspecified atom stereocenters. The number of hydrogen-bond acceptors (Lipinski definition) is 2. The molecule has 1 aliphatic rings. The molecule has 0 saturated carbocycles. The Balaban J connectivity index is 2.18. The largest absolute Gasteiger partial charge is 0.493 e. The molecule has 2 heteroatoms. The molecule has 0 bridgehead atoms. The minimum Gasteiger partial charge on any atom is -0.493 e. The Morgan fingerprint density at radius 2 is 2.10 bits per heavy atom. The summed E-state index contributed by atoms with van der Waals surface area (Å²) in [5, 5.41) is 3.71. The van der Waals surface area contributed by atoms with Crippen molar-refractivity contribution < 1.29 is 4.74 Å². The number of rotatable bonds is 5. The van der Waals surface area contributed by atoms with E-state index in [1.165, 1.54) is 17.5 Å². The zero-order valence-corrected chi connectivity index (χ0v) is 13.5. The minimum atomic E-state index is 0.331. The van der Waals surface area contributed by atoms with E-state index < -0.39 is 0 Å². The van der Waals surface area contributed by atoms with Gasteiger partial charge in [0.05, 0.1) is 6.61 Å². The molecule has 1 atom stereocenters. The number of nitrogens with one attached hydrogen (secondary N) is 1. The molecule has 20 heavy (non-hydrogen) atoms. The van der Waals surface area contributed by atoms with Crippen LogP contribution in [0.15, 0.2) is 18.2 Å². The lowest BCUT2D eigenvalue weighted by molar-refractivity contribution is 0.287. The molecule has 0 saturated heterocycles. The summed E-state index contributed by atoms with van der Waals surface area (Å²) in [5.41, 5.74) is 3.13. The molecule has 2 rings (SSSR count). The van der Waals surface area contributed by atoms with Crippen molar-refractivity contribution in [3.63, 3.8) is 0 Å². The molecule has 0 spiro atoms. The third-order valence-corrected chi connectivity index (χ3v) is 3.79. The van der Waals surface area contributed by atoms with Crippen LogP contribution < -0.4 is 10.1 Å². The molecule has 0 aliphatic carbocycles. The van der Waals surface area contributed by atoms with Gasteiger partial charge in [0.1, 0.15) is 5.75 Å². The van der Waals surface area contributed by atoms with Crippen LogP contribution in [0, 0.1) is 5.41 Å². The highest BCUT2D eigenvalue weighted by Crippen LogP contribution is 2.33. The van der Waals surface area contributed by atoms with Crippen molar-refractivity contribution in [2.45, 2.75) is 59.4 Å². The van der Waals surface area contributed by atoms with E-state index in [2.05, 4.69) is 51.2 Å². The maximum atomic E-state index is 5.72. The summed E-state index contributed by atoms with van der Waals surface area (Å²) in [6.45, 7) is 11.1. The number of ether oxygens (including phenoxy) is 1. The Kier molecular flexibility index (Phi) is 5.09. The molecule has 2 nitrogen and oxygen atoms in total. The van der Waals surface area contributed by atoms with Crippen molar-refractivity contribution in [3.05, 3.63) is 29.3 Å². The zero-order chi connectivity index (χ0) is 14.6. The first-order chi connectivity index (χ1) is 9.49. The van der Waals surface area contributed by atoms with Gasteiger partial charge >= 0.3 is 0 Å². The maximum absolute atomic E-state index is 5.72. The van der Waals surface area contributed by atoms with Gasteiger partial charge in [-0.2, -0.15) is 0 Å². The Bertz CT molecular complexity index is 434. The van der Waals surface area contributed by atoms with Crippen molar-refractivity contribution in [2.24, 2.45) is 5.41 Å². The average molecular weight is 275 g/mol. The molecular weight excluding hydrogens is 246 g/mol. The van der Waals surface area contributed by atoms with Crippen molar-refractivity contribution in [2.75, 3.05) is 13.2 Å².